The molecule has 0 fully saturated rings. The van der Waals surface area contributed by atoms with Gasteiger partial charge in [0.1, 0.15) is 6.61 Å². The van der Waals surface area contributed by atoms with E-state index < -0.39 is 0 Å². The Labute approximate surface area is 160 Å². The number of pyridine rings is 1. The Kier molecular flexibility index (Phi) is 6.26. The second kappa shape index (κ2) is 9.03. The zero-order valence-corrected chi connectivity index (χ0v) is 15.9. The molecule has 0 saturated heterocycles. The minimum atomic E-state index is 0.180. The number of hydrogen-bond donors (Lipinski definition) is 2. The van der Waals surface area contributed by atoms with Crippen LogP contribution in [0.15, 0.2) is 65.8 Å². The van der Waals surface area contributed by atoms with Crippen LogP contribution >= 0.6 is 0 Å². The summed E-state index contributed by atoms with van der Waals surface area (Å²) in [7, 11) is 0. The minimum Gasteiger partial charge on any atom is -0.463 e. The van der Waals surface area contributed by atoms with E-state index in [-0.39, 0.29) is 6.04 Å². The van der Waals surface area contributed by atoms with Crippen molar-refractivity contribution in [2.75, 3.05) is 11.9 Å². The van der Waals surface area contributed by atoms with Crippen molar-refractivity contribution in [2.45, 2.75) is 32.7 Å². The maximum atomic E-state index is 5.54. The van der Waals surface area contributed by atoms with Gasteiger partial charge in [0, 0.05) is 17.3 Å². The third-order valence-corrected chi connectivity index (χ3v) is 4.37. The zero-order valence-electron chi connectivity index (χ0n) is 15.9. The van der Waals surface area contributed by atoms with Crippen molar-refractivity contribution in [1.29, 1.82) is 0 Å². The van der Waals surface area contributed by atoms with Crippen LogP contribution < -0.4 is 11.1 Å². The van der Waals surface area contributed by atoms with E-state index in [0.717, 1.165) is 35.1 Å². The number of anilines is 2. The van der Waals surface area contributed by atoms with Crippen molar-refractivity contribution in [3.05, 3.63) is 66.4 Å². The van der Waals surface area contributed by atoms with Crippen LogP contribution in [0.4, 0.5) is 11.4 Å². The van der Waals surface area contributed by atoms with Crippen LogP contribution in [0.25, 0.3) is 10.9 Å². The lowest BCUT2D eigenvalue weighted by Crippen LogP contribution is -2.10. The van der Waals surface area contributed by atoms with Gasteiger partial charge in [0.2, 0.25) is 0 Å². The molecule has 5 nitrogen and oxygen atoms in total. The number of nitrogens with two attached hydrogens (primary N) is 1. The van der Waals surface area contributed by atoms with Gasteiger partial charge < -0.3 is 15.8 Å². The van der Waals surface area contributed by atoms with Crippen LogP contribution in [0.1, 0.15) is 25.8 Å². The molecule has 140 valence electrons. The third-order valence-electron chi connectivity index (χ3n) is 4.37. The fourth-order valence-corrected chi connectivity index (χ4v) is 3.03. The maximum Gasteiger partial charge on any atom is 0.282 e. The predicted molar refractivity (Wildman–Crippen MR) is 112 cm³/mol. The highest BCUT2D eigenvalue weighted by Crippen LogP contribution is 2.25. The average molecular weight is 362 g/mol. The summed E-state index contributed by atoms with van der Waals surface area (Å²) in [6, 6.07) is 19.1. The number of hydrogen-bond acceptors (Lipinski definition) is 5. The Hall–Kier alpha value is -3.08. The first-order valence-electron chi connectivity index (χ1n) is 9.44. The normalized spacial score (nSPS) is 15.5. The summed E-state index contributed by atoms with van der Waals surface area (Å²) >= 11 is 0. The molecule has 0 radical (unpaired) electrons. The first kappa shape index (κ1) is 18.7. The maximum absolute atomic E-state index is 5.54. The summed E-state index contributed by atoms with van der Waals surface area (Å²) in [5.74, 6) is 0. The Morgan fingerprint density at radius 2 is 1.85 bits per heavy atom. The van der Waals surface area contributed by atoms with Crippen molar-refractivity contribution in [2.24, 2.45) is 10.7 Å². The smallest absolute Gasteiger partial charge is 0.282 e. The highest BCUT2D eigenvalue weighted by molar-refractivity contribution is 5.91. The molecule has 3 N–H and O–H groups in total. The minimum absolute atomic E-state index is 0.180. The quantitative estimate of drug-likeness (QED) is 0.693. The predicted octanol–water partition coefficient (Wildman–Crippen LogP) is 4.65. The van der Waals surface area contributed by atoms with E-state index in [0.29, 0.717) is 12.6 Å². The first-order valence-corrected chi connectivity index (χ1v) is 9.44. The Bertz CT molecular complexity index is 900. The first-order chi connectivity index (χ1) is 13.3. The van der Waals surface area contributed by atoms with Crippen molar-refractivity contribution in [3.63, 3.8) is 0 Å². The number of nitrogens with one attached hydrogen (secondary N) is 1. The molecular weight excluding hydrogens is 336 g/mol. The number of nitrogens with zero attached hydrogens (tertiary/aromatic N) is 2. The van der Waals surface area contributed by atoms with Gasteiger partial charge in [0.15, 0.2) is 0 Å². The molecule has 3 aromatic rings. The molecule has 2 heterocycles. The van der Waals surface area contributed by atoms with Gasteiger partial charge in [0.05, 0.1) is 17.2 Å². The Morgan fingerprint density at radius 3 is 2.59 bits per heavy atom. The van der Waals surface area contributed by atoms with Gasteiger partial charge in [-0.1, -0.05) is 44.2 Å². The van der Waals surface area contributed by atoms with Crippen LogP contribution in [-0.2, 0) is 11.2 Å². The van der Waals surface area contributed by atoms with E-state index in [1.54, 1.807) is 0 Å². The van der Waals surface area contributed by atoms with Gasteiger partial charge >= 0.3 is 0 Å². The van der Waals surface area contributed by atoms with Crippen LogP contribution in [0.5, 0.6) is 0 Å². The number of benzene rings is 2. The molecule has 1 atom stereocenters. The molecule has 0 spiro atoms. The van der Waals surface area contributed by atoms with Gasteiger partial charge in [-0.25, -0.2) is 4.99 Å². The number of aromatic nitrogens is 1. The molecule has 1 aliphatic rings. The van der Waals surface area contributed by atoms with Gasteiger partial charge in [0.25, 0.3) is 6.02 Å². The van der Waals surface area contributed by atoms with E-state index in [9.17, 15) is 0 Å². The highest BCUT2D eigenvalue weighted by atomic mass is 16.5. The lowest BCUT2D eigenvalue weighted by Gasteiger charge is -2.10. The van der Waals surface area contributed by atoms with Gasteiger partial charge in [-0.05, 0) is 42.7 Å². The summed E-state index contributed by atoms with van der Waals surface area (Å²) in [5, 5.41) is 4.58. The van der Waals surface area contributed by atoms with Crippen LogP contribution in [0, 0.1) is 0 Å². The molecule has 0 bridgehead atoms. The average Bonchev–Trinajstić information content (AvgIpc) is 3.14. The molecule has 1 aliphatic heterocycles. The third kappa shape index (κ3) is 4.76. The van der Waals surface area contributed by atoms with Gasteiger partial charge in [-0.3, -0.25) is 4.98 Å². The SMILES string of the molecule is CC.NC1=NC(CCc2ccc(Nc3cccc4cccnc34)cc2)CO1. The van der Waals surface area contributed by atoms with Crippen molar-refractivity contribution >= 4 is 28.3 Å². The number of rotatable bonds is 5. The molecule has 2 aromatic carbocycles. The molecule has 1 unspecified atom stereocenters. The molecular formula is C22H26N4O. The van der Waals surface area contributed by atoms with Crippen LogP contribution in [-0.4, -0.2) is 23.7 Å². The summed E-state index contributed by atoms with van der Waals surface area (Å²) in [4.78, 5) is 8.74. The van der Waals surface area contributed by atoms with Gasteiger partial charge in [-0.2, -0.15) is 0 Å². The standard InChI is InChI=1S/C20H20N4O.C2H6/c21-20-24-17(13-25-20)11-8-14-6-9-16(10-7-14)23-18-5-1-3-15-4-2-12-22-19(15)18;1-2/h1-7,9-10,12,17,23H,8,11,13H2,(H2,21,24);1-2H3. The summed E-state index contributed by atoms with van der Waals surface area (Å²) in [5.41, 5.74) is 9.86. The summed E-state index contributed by atoms with van der Waals surface area (Å²) in [6.45, 7) is 4.60. The Morgan fingerprint density at radius 1 is 1.07 bits per heavy atom. The number of ether oxygens (including phenoxy) is 1. The number of aliphatic imine (C=N–C) groups is 1. The summed E-state index contributed by atoms with van der Waals surface area (Å²) < 4.78 is 5.19. The van der Waals surface area contributed by atoms with Crippen LogP contribution in [0.2, 0.25) is 0 Å². The van der Waals surface area contributed by atoms with Crippen molar-refractivity contribution < 1.29 is 4.74 Å². The summed E-state index contributed by atoms with van der Waals surface area (Å²) in [6.07, 6.45) is 3.72. The molecule has 27 heavy (non-hydrogen) atoms. The van der Waals surface area contributed by atoms with Crippen LogP contribution in [0.3, 0.4) is 0 Å². The number of fused-ring (bicyclic) bond motifs is 1. The second-order valence-corrected chi connectivity index (χ2v) is 6.17. The van der Waals surface area contributed by atoms with E-state index in [1.165, 1.54) is 5.56 Å². The van der Waals surface area contributed by atoms with Crippen molar-refractivity contribution in [3.8, 4) is 0 Å². The number of para-hydroxylation sites is 1. The number of aryl methyl sites for hydroxylation is 1. The zero-order chi connectivity index (χ0) is 19.1. The fraction of sp³-hybridized carbons (Fsp3) is 0.273. The molecule has 4 rings (SSSR count). The topological polar surface area (TPSA) is 72.5 Å². The van der Waals surface area contributed by atoms with Crippen molar-refractivity contribution in [1.82, 2.24) is 4.98 Å². The molecule has 0 saturated carbocycles. The lowest BCUT2D eigenvalue weighted by molar-refractivity contribution is 0.308. The molecule has 0 aliphatic carbocycles. The fourth-order valence-electron chi connectivity index (χ4n) is 3.03. The molecule has 5 heteroatoms. The molecule has 0 amide bonds. The van der Waals surface area contributed by atoms with E-state index in [4.69, 9.17) is 10.5 Å². The van der Waals surface area contributed by atoms with Gasteiger partial charge in [-0.15, -0.1) is 0 Å². The largest absolute Gasteiger partial charge is 0.463 e. The Balaban J connectivity index is 0.00000102. The van der Waals surface area contributed by atoms with E-state index >= 15 is 0 Å². The lowest BCUT2D eigenvalue weighted by atomic mass is 10.1. The highest BCUT2D eigenvalue weighted by Gasteiger charge is 2.16. The van der Waals surface area contributed by atoms with E-state index in [1.807, 2.05) is 38.2 Å². The van der Waals surface area contributed by atoms with E-state index in [2.05, 4.69) is 51.7 Å². The number of amidine groups is 1. The monoisotopic (exact) mass is 362 g/mol. The second-order valence-electron chi connectivity index (χ2n) is 6.17. The molecule has 1 aromatic heterocycles.